The van der Waals surface area contributed by atoms with Gasteiger partial charge < -0.3 is 10.6 Å². The van der Waals surface area contributed by atoms with Crippen LogP contribution in [-0.2, 0) is 0 Å². The van der Waals surface area contributed by atoms with Gasteiger partial charge in [0.1, 0.15) is 0 Å². The summed E-state index contributed by atoms with van der Waals surface area (Å²) in [4.78, 5) is 5.23. The van der Waals surface area contributed by atoms with Crippen molar-refractivity contribution in [1.29, 1.82) is 0 Å². The van der Waals surface area contributed by atoms with Crippen molar-refractivity contribution in [2.45, 2.75) is 57.5 Å². The quantitative estimate of drug-likeness (QED) is 0.834. The molecule has 3 atom stereocenters. The molecule has 1 saturated carbocycles. The van der Waals surface area contributed by atoms with Gasteiger partial charge >= 0.3 is 0 Å². The molecule has 0 aromatic rings. The molecular weight excluding hydrogens is 222 g/mol. The van der Waals surface area contributed by atoms with Crippen LogP contribution in [0.25, 0.3) is 0 Å². The molecule has 3 nitrogen and oxygen atoms in total. The summed E-state index contributed by atoms with van der Waals surface area (Å²) in [6.45, 7) is 9.23. The molecule has 2 rings (SSSR count). The van der Waals surface area contributed by atoms with Crippen LogP contribution in [-0.4, -0.2) is 54.6 Å². The van der Waals surface area contributed by atoms with Gasteiger partial charge in [-0.15, -0.1) is 0 Å². The normalized spacial score (nSPS) is 40.0. The second kappa shape index (κ2) is 5.89. The molecule has 2 N–H and O–H groups in total. The standard InChI is InChI=1S/C15H31N3/c1-4-14-6-7-15(10-14,12-16)18-9-5-8-17(3)11-13(18)2/h13-14H,4-12,16H2,1-3H3. The van der Waals surface area contributed by atoms with E-state index in [0.717, 1.165) is 12.5 Å². The monoisotopic (exact) mass is 253 g/mol. The first-order valence-corrected chi connectivity index (χ1v) is 7.76. The van der Waals surface area contributed by atoms with Crippen LogP contribution in [0.4, 0.5) is 0 Å². The van der Waals surface area contributed by atoms with Gasteiger partial charge in [0, 0.05) is 31.2 Å². The SMILES string of the molecule is CCC1CCC(CN)(N2CCCN(C)CC2C)C1. The third-order valence-corrected chi connectivity index (χ3v) is 5.30. The summed E-state index contributed by atoms with van der Waals surface area (Å²) in [5.41, 5.74) is 6.52. The molecule has 0 aromatic heterocycles. The first-order valence-electron chi connectivity index (χ1n) is 7.76. The molecule has 2 aliphatic rings. The molecule has 0 radical (unpaired) electrons. The number of hydrogen-bond acceptors (Lipinski definition) is 3. The highest BCUT2D eigenvalue weighted by Gasteiger charge is 2.44. The Morgan fingerprint density at radius 2 is 2.11 bits per heavy atom. The van der Waals surface area contributed by atoms with Gasteiger partial charge in [0.15, 0.2) is 0 Å². The number of hydrogen-bond donors (Lipinski definition) is 1. The second-order valence-electron chi connectivity index (χ2n) is 6.60. The van der Waals surface area contributed by atoms with Crippen molar-refractivity contribution < 1.29 is 0 Å². The average Bonchev–Trinajstić information content (AvgIpc) is 2.71. The van der Waals surface area contributed by atoms with E-state index in [0.29, 0.717) is 11.6 Å². The van der Waals surface area contributed by atoms with Crippen LogP contribution in [0.1, 0.15) is 46.0 Å². The van der Waals surface area contributed by atoms with Crippen molar-refractivity contribution in [2.75, 3.05) is 33.2 Å². The van der Waals surface area contributed by atoms with Gasteiger partial charge in [-0.1, -0.05) is 13.3 Å². The molecular formula is C15H31N3. The molecule has 2 fully saturated rings. The van der Waals surface area contributed by atoms with Crippen molar-refractivity contribution in [3.63, 3.8) is 0 Å². The zero-order valence-corrected chi connectivity index (χ0v) is 12.5. The second-order valence-corrected chi connectivity index (χ2v) is 6.60. The summed E-state index contributed by atoms with van der Waals surface area (Å²) in [5, 5.41) is 0. The minimum atomic E-state index is 0.311. The van der Waals surface area contributed by atoms with Gasteiger partial charge in [-0.3, -0.25) is 4.90 Å². The van der Waals surface area contributed by atoms with E-state index < -0.39 is 0 Å². The molecule has 1 saturated heterocycles. The summed E-state index contributed by atoms with van der Waals surface area (Å²) >= 11 is 0. The molecule has 106 valence electrons. The Morgan fingerprint density at radius 1 is 1.33 bits per heavy atom. The van der Waals surface area contributed by atoms with Gasteiger partial charge in [-0.2, -0.15) is 0 Å². The van der Waals surface area contributed by atoms with Crippen LogP contribution in [0, 0.1) is 5.92 Å². The van der Waals surface area contributed by atoms with Crippen LogP contribution >= 0.6 is 0 Å². The first-order chi connectivity index (χ1) is 8.61. The largest absolute Gasteiger partial charge is 0.329 e. The fourth-order valence-corrected chi connectivity index (χ4v) is 4.20. The molecule has 18 heavy (non-hydrogen) atoms. The molecule has 3 unspecified atom stereocenters. The molecule has 1 heterocycles. The molecule has 1 aliphatic heterocycles. The fourth-order valence-electron chi connectivity index (χ4n) is 4.20. The van der Waals surface area contributed by atoms with Gasteiger partial charge in [-0.25, -0.2) is 0 Å². The van der Waals surface area contributed by atoms with Crippen LogP contribution in [0.2, 0.25) is 0 Å². The van der Waals surface area contributed by atoms with Crippen molar-refractivity contribution in [3.05, 3.63) is 0 Å². The average molecular weight is 253 g/mol. The zero-order chi connectivity index (χ0) is 13.2. The lowest BCUT2D eigenvalue weighted by Gasteiger charge is -2.44. The van der Waals surface area contributed by atoms with Crippen molar-refractivity contribution in [3.8, 4) is 0 Å². The summed E-state index contributed by atoms with van der Waals surface area (Å²) in [6.07, 6.45) is 6.64. The Bertz CT molecular complexity index is 268. The Kier molecular flexibility index (Phi) is 4.68. The molecule has 0 amide bonds. The maximum atomic E-state index is 6.21. The minimum Gasteiger partial charge on any atom is -0.329 e. The summed E-state index contributed by atoms with van der Waals surface area (Å²) in [5.74, 6) is 0.904. The zero-order valence-electron chi connectivity index (χ0n) is 12.5. The lowest BCUT2D eigenvalue weighted by atomic mass is 9.91. The van der Waals surface area contributed by atoms with Crippen LogP contribution in [0.5, 0.6) is 0 Å². The van der Waals surface area contributed by atoms with Crippen molar-refractivity contribution in [2.24, 2.45) is 11.7 Å². The van der Waals surface area contributed by atoms with E-state index in [9.17, 15) is 0 Å². The van der Waals surface area contributed by atoms with E-state index in [1.807, 2.05) is 0 Å². The van der Waals surface area contributed by atoms with Crippen LogP contribution in [0.3, 0.4) is 0 Å². The number of nitrogens with zero attached hydrogens (tertiary/aromatic N) is 2. The number of likely N-dealkylation sites (N-methyl/N-ethyl adjacent to an activating group) is 1. The van der Waals surface area contributed by atoms with E-state index in [-0.39, 0.29) is 0 Å². The lowest BCUT2D eigenvalue weighted by Crippen LogP contribution is -2.57. The fraction of sp³-hybridized carbons (Fsp3) is 1.00. The number of rotatable bonds is 3. The third kappa shape index (κ3) is 2.73. The highest BCUT2D eigenvalue weighted by molar-refractivity contribution is 5.01. The van der Waals surface area contributed by atoms with Gasteiger partial charge in [0.2, 0.25) is 0 Å². The lowest BCUT2D eigenvalue weighted by molar-refractivity contribution is 0.0578. The van der Waals surface area contributed by atoms with E-state index in [1.54, 1.807) is 0 Å². The Labute approximate surface area is 113 Å². The first kappa shape index (κ1) is 14.3. The van der Waals surface area contributed by atoms with Crippen molar-refractivity contribution >= 4 is 0 Å². The van der Waals surface area contributed by atoms with E-state index >= 15 is 0 Å². The Hall–Kier alpha value is -0.120. The Balaban J connectivity index is 2.11. The van der Waals surface area contributed by atoms with Crippen LogP contribution < -0.4 is 5.73 Å². The Morgan fingerprint density at radius 3 is 2.72 bits per heavy atom. The van der Waals surface area contributed by atoms with Gasteiger partial charge in [0.05, 0.1) is 0 Å². The molecule has 0 spiro atoms. The smallest absolute Gasteiger partial charge is 0.0337 e. The van der Waals surface area contributed by atoms with Crippen LogP contribution in [0.15, 0.2) is 0 Å². The topological polar surface area (TPSA) is 32.5 Å². The van der Waals surface area contributed by atoms with Crippen molar-refractivity contribution in [1.82, 2.24) is 9.80 Å². The summed E-state index contributed by atoms with van der Waals surface area (Å²) < 4.78 is 0. The molecule has 3 heteroatoms. The van der Waals surface area contributed by atoms with E-state index in [4.69, 9.17) is 5.73 Å². The summed E-state index contributed by atoms with van der Waals surface area (Å²) in [6, 6.07) is 0.650. The minimum absolute atomic E-state index is 0.311. The number of nitrogens with two attached hydrogens (primary N) is 1. The predicted molar refractivity (Wildman–Crippen MR) is 77.7 cm³/mol. The maximum Gasteiger partial charge on any atom is 0.0337 e. The van der Waals surface area contributed by atoms with Gasteiger partial charge in [-0.05, 0) is 52.1 Å². The summed E-state index contributed by atoms with van der Waals surface area (Å²) in [7, 11) is 2.25. The third-order valence-electron chi connectivity index (χ3n) is 5.30. The predicted octanol–water partition coefficient (Wildman–Crippen LogP) is 1.92. The molecule has 1 aliphatic carbocycles. The highest BCUT2D eigenvalue weighted by Crippen LogP contribution is 2.41. The van der Waals surface area contributed by atoms with E-state index in [2.05, 4.69) is 30.7 Å². The van der Waals surface area contributed by atoms with Gasteiger partial charge in [0.25, 0.3) is 0 Å². The van der Waals surface area contributed by atoms with E-state index in [1.165, 1.54) is 51.7 Å². The molecule has 0 aromatic carbocycles. The molecule has 0 bridgehead atoms. The highest BCUT2D eigenvalue weighted by atomic mass is 15.3. The maximum absolute atomic E-state index is 6.21.